The topological polar surface area (TPSA) is 59.0 Å². The number of benzene rings is 1. The molecule has 23 heavy (non-hydrogen) atoms. The quantitative estimate of drug-likeness (QED) is 0.786. The molecule has 3 rings (SSSR count). The molecule has 0 radical (unpaired) electrons. The van der Waals surface area contributed by atoms with E-state index in [0.717, 1.165) is 5.56 Å². The molecule has 0 bridgehead atoms. The van der Waals surface area contributed by atoms with Crippen molar-refractivity contribution in [3.63, 3.8) is 0 Å². The predicted molar refractivity (Wildman–Crippen MR) is 90.3 cm³/mol. The highest BCUT2D eigenvalue weighted by atomic mass is 35.5. The summed E-state index contributed by atoms with van der Waals surface area (Å²) < 4.78 is 5.17. The van der Waals surface area contributed by atoms with Gasteiger partial charge >= 0.3 is 5.97 Å². The molecule has 2 heterocycles. The summed E-state index contributed by atoms with van der Waals surface area (Å²) in [5.74, 6) is -0.188. The molecule has 1 atom stereocenters. The number of amides is 1. The average Bonchev–Trinajstić information content (AvgIpc) is 2.88. The van der Waals surface area contributed by atoms with Crippen molar-refractivity contribution in [1.29, 1.82) is 0 Å². The van der Waals surface area contributed by atoms with Crippen LogP contribution in [0.5, 0.6) is 0 Å². The van der Waals surface area contributed by atoms with Crippen molar-refractivity contribution in [1.82, 2.24) is 4.90 Å². The maximum Gasteiger partial charge on any atom is 0.338 e. The lowest BCUT2D eigenvalue weighted by atomic mass is 9.94. The molecular weight excluding hydrogens is 336 g/mol. The Labute approximate surface area is 143 Å². The van der Waals surface area contributed by atoms with Crippen LogP contribution in [0.1, 0.15) is 25.5 Å². The number of nitrogens with zero attached hydrogens (tertiary/aromatic N) is 2. The van der Waals surface area contributed by atoms with Gasteiger partial charge < -0.3 is 4.74 Å². The molecule has 1 aromatic rings. The molecule has 1 unspecified atom stereocenters. The van der Waals surface area contributed by atoms with Crippen LogP contribution in [-0.2, 0) is 14.3 Å². The smallest absolute Gasteiger partial charge is 0.338 e. The second kappa shape index (κ2) is 6.37. The van der Waals surface area contributed by atoms with E-state index in [1.54, 1.807) is 30.9 Å². The number of amidine groups is 1. The number of fused-ring (bicyclic) bond motifs is 1. The number of carbonyl (C=O) groups excluding carboxylic acids is 2. The van der Waals surface area contributed by atoms with Crippen LogP contribution in [0.4, 0.5) is 0 Å². The Bertz CT molecular complexity index is 727. The summed E-state index contributed by atoms with van der Waals surface area (Å²) in [6.45, 7) is 3.78. The molecule has 0 saturated carbocycles. The number of hydrogen-bond acceptors (Lipinski definition) is 5. The number of aliphatic imine (C=N–C) groups is 1. The molecule has 1 amide bonds. The molecule has 2 aliphatic heterocycles. The van der Waals surface area contributed by atoms with Gasteiger partial charge in [-0.2, -0.15) is 0 Å². The van der Waals surface area contributed by atoms with E-state index in [4.69, 9.17) is 16.3 Å². The van der Waals surface area contributed by atoms with Gasteiger partial charge in [0.2, 0.25) is 5.91 Å². The van der Waals surface area contributed by atoms with Crippen molar-refractivity contribution in [3.05, 3.63) is 46.1 Å². The monoisotopic (exact) mass is 350 g/mol. The normalized spacial score (nSPS) is 20.5. The third-order valence-corrected chi connectivity index (χ3v) is 4.85. The largest absolute Gasteiger partial charge is 0.463 e. The molecular formula is C16H15ClN2O3S. The maximum absolute atomic E-state index is 12.4. The fraction of sp³-hybridized carbons (Fsp3) is 0.312. The number of rotatable bonds is 3. The molecule has 0 aliphatic carbocycles. The molecule has 1 fully saturated rings. The number of hydrogen-bond donors (Lipinski definition) is 0. The van der Waals surface area contributed by atoms with Crippen LogP contribution in [0, 0.1) is 0 Å². The lowest BCUT2D eigenvalue weighted by Gasteiger charge is -2.32. The Morgan fingerprint density at radius 3 is 2.78 bits per heavy atom. The maximum atomic E-state index is 12.4. The SMILES string of the molecule is CCOC(=O)C1=C(C)N=C2SCC(=O)N2C1c1ccc(Cl)cc1. The van der Waals surface area contributed by atoms with E-state index in [-0.39, 0.29) is 12.5 Å². The zero-order chi connectivity index (χ0) is 16.6. The summed E-state index contributed by atoms with van der Waals surface area (Å²) in [6, 6.07) is 6.60. The van der Waals surface area contributed by atoms with Crippen molar-refractivity contribution >= 4 is 40.4 Å². The van der Waals surface area contributed by atoms with E-state index in [1.807, 2.05) is 12.1 Å². The van der Waals surface area contributed by atoms with Crippen molar-refractivity contribution in [2.45, 2.75) is 19.9 Å². The summed E-state index contributed by atoms with van der Waals surface area (Å²) in [4.78, 5) is 30.7. The van der Waals surface area contributed by atoms with Gasteiger partial charge in [0.15, 0.2) is 5.17 Å². The first-order valence-electron chi connectivity index (χ1n) is 7.19. The van der Waals surface area contributed by atoms with Gasteiger partial charge in [-0.1, -0.05) is 35.5 Å². The van der Waals surface area contributed by atoms with Gasteiger partial charge in [0.05, 0.1) is 29.7 Å². The van der Waals surface area contributed by atoms with Crippen molar-refractivity contribution < 1.29 is 14.3 Å². The van der Waals surface area contributed by atoms with E-state index in [1.165, 1.54) is 11.8 Å². The zero-order valence-corrected chi connectivity index (χ0v) is 14.3. The Balaban J connectivity index is 2.13. The highest BCUT2D eigenvalue weighted by Gasteiger charge is 2.43. The van der Waals surface area contributed by atoms with Crippen LogP contribution in [0.2, 0.25) is 5.02 Å². The lowest BCUT2D eigenvalue weighted by Crippen LogP contribution is -2.39. The van der Waals surface area contributed by atoms with Crippen LogP contribution >= 0.6 is 23.4 Å². The molecule has 7 heteroatoms. The first kappa shape index (κ1) is 16.1. The summed E-state index contributed by atoms with van der Waals surface area (Å²) in [5, 5.41) is 1.22. The van der Waals surface area contributed by atoms with E-state index in [0.29, 0.717) is 27.2 Å². The molecule has 2 aliphatic rings. The molecule has 1 saturated heterocycles. The van der Waals surface area contributed by atoms with E-state index in [9.17, 15) is 9.59 Å². The van der Waals surface area contributed by atoms with Gasteiger partial charge in [-0.25, -0.2) is 9.79 Å². The van der Waals surface area contributed by atoms with Crippen LogP contribution < -0.4 is 0 Å². The van der Waals surface area contributed by atoms with Crippen molar-refractivity contribution in [2.24, 2.45) is 4.99 Å². The highest BCUT2D eigenvalue weighted by molar-refractivity contribution is 8.15. The summed E-state index contributed by atoms with van der Waals surface area (Å²) in [7, 11) is 0. The summed E-state index contributed by atoms with van der Waals surface area (Å²) >= 11 is 7.34. The Kier molecular flexibility index (Phi) is 4.46. The Morgan fingerprint density at radius 1 is 1.43 bits per heavy atom. The predicted octanol–water partition coefficient (Wildman–Crippen LogP) is 3.16. The molecule has 1 aromatic carbocycles. The van der Waals surface area contributed by atoms with Crippen LogP contribution in [0.15, 0.2) is 40.5 Å². The van der Waals surface area contributed by atoms with E-state index < -0.39 is 12.0 Å². The molecule has 5 nitrogen and oxygen atoms in total. The molecule has 120 valence electrons. The van der Waals surface area contributed by atoms with E-state index in [2.05, 4.69) is 4.99 Å². The fourth-order valence-corrected chi connectivity index (χ4v) is 3.74. The Hall–Kier alpha value is -1.79. The van der Waals surface area contributed by atoms with E-state index >= 15 is 0 Å². The van der Waals surface area contributed by atoms with Crippen molar-refractivity contribution in [2.75, 3.05) is 12.4 Å². The third kappa shape index (κ3) is 2.88. The minimum atomic E-state index is -0.527. The minimum absolute atomic E-state index is 0.0667. The number of carbonyl (C=O) groups is 2. The van der Waals surface area contributed by atoms with Crippen molar-refractivity contribution in [3.8, 4) is 0 Å². The van der Waals surface area contributed by atoms with Gasteiger partial charge in [0, 0.05) is 5.02 Å². The average molecular weight is 351 g/mol. The van der Waals surface area contributed by atoms with Crippen LogP contribution in [0.25, 0.3) is 0 Å². The number of halogens is 1. The Morgan fingerprint density at radius 2 is 2.13 bits per heavy atom. The number of ether oxygens (including phenoxy) is 1. The summed E-state index contributed by atoms with van der Waals surface area (Å²) in [5.41, 5.74) is 1.78. The molecule has 0 spiro atoms. The second-order valence-corrected chi connectivity index (χ2v) is 6.50. The fourth-order valence-electron chi connectivity index (χ4n) is 2.67. The number of esters is 1. The minimum Gasteiger partial charge on any atom is -0.463 e. The standard InChI is InChI=1S/C16H15ClN2O3S/c1-3-22-15(21)13-9(2)18-16-19(12(20)8-23-16)14(13)10-4-6-11(17)7-5-10/h4-7,14H,3,8H2,1-2H3. The van der Waals surface area contributed by atoms with Gasteiger partial charge in [-0.3, -0.25) is 9.69 Å². The summed E-state index contributed by atoms with van der Waals surface area (Å²) in [6.07, 6.45) is 0. The first-order valence-corrected chi connectivity index (χ1v) is 8.56. The van der Waals surface area contributed by atoms with Gasteiger partial charge in [0.25, 0.3) is 0 Å². The molecule has 0 aromatic heterocycles. The zero-order valence-electron chi connectivity index (χ0n) is 12.7. The highest BCUT2D eigenvalue weighted by Crippen LogP contribution is 2.41. The molecule has 0 N–H and O–H groups in total. The second-order valence-electron chi connectivity index (χ2n) is 5.12. The third-order valence-electron chi connectivity index (χ3n) is 3.67. The first-order chi connectivity index (χ1) is 11.0. The number of thioether (sulfide) groups is 1. The van der Waals surface area contributed by atoms with Gasteiger partial charge in [-0.15, -0.1) is 0 Å². The van der Waals surface area contributed by atoms with Gasteiger partial charge in [0.1, 0.15) is 0 Å². The van der Waals surface area contributed by atoms with Crippen LogP contribution in [-0.4, -0.2) is 34.3 Å². The van der Waals surface area contributed by atoms with Crippen LogP contribution in [0.3, 0.4) is 0 Å². The van der Waals surface area contributed by atoms with Gasteiger partial charge in [-0.05, 0) is 31.5 Å². The lowest BCUT2D eigenvalue weighted by molar-refractivity contribution is -0.139. The number of allylic oxidation sites excluding steroid dienone is 1.